The number of phenols is 3. The lowest BCUT2D eigenvalue weighted by Gasteiger charge is -2.31. The van der Waals surface area contributed by atoms with Crippen LogP contribution in [0.5, 0.6) is 23.0 Å². The number of Topliss-reactive ketones (excluding diaryl/α,β-unsaturated/α-hetero) is 1. The number of methoxy groups -OCH3 is 1. The molecule has 1 aliphatic rings. The first-order chi connectivity index (χ1) is 19.7. The fourth-order valence-corrected chi connectivity index (χ4v) is 5.63. The van der Waals surface area contributed by atoms with E-state index in [1.165, 1.54) is 25.3 Å². The van der Waals surface area contributed by atoms with E-state index in [1.807, 2.05) is 30.3 Å². The van der Waals surface area contributed by atoms with E-state index in [-0.39, 0.29) is 61.3 Å². The molecule has 216 valence electrons. The topological polar surface area (TPSA) is 148 Å². The van der Waals surface area contributed by atoms with Gasteiger partial charge in [-0.3, -0.25) is 4.79 Å². The first kappa shape index (κ1) is 29.9. The van der Waals surface area contributed by atoms with Gasteiger partial charge in [-0.05, 0) is 59.4 Å². The summed E-state index contributed by atoms with van der Waals surface area (Å²) in [6.07, 6.45) is -0.565. The third-order valence-corrected chi connectivity index (χ3v) is 7.85. The van der Waals surface area contributed by atoms with Crippen molar-refractivity contribution in [2.24, 2.45) is 17.8 Å². The van der Waals surface area contributed by atoms with Crippen LogP contribution in [0.15, 0.2) is 60.7 Å². The van der Waals surface area contributed by atoms with Crippen molar-refractivity contribution >= 4 is 5.78 Å². The number of aromatic hydroxyl groups is 3. The smallest absolute Gasteiger partial charge is 0.160 e. The molecular weight excluding hydrogens is 524 g/mol. The van der Waals surface area contributed by atoms with Gasteiger partial charge in [0, 0.05) is 36.5 Å². The molecule has 8 nitrogen and oxygen atoms in total. The summed E-state index contributed by atoms with van der Waals surface area (Å²) in [4.78, 5) is 13.5. The number of aliphatic hydroxyl groups excluding tert-OH is 3. The van der Waals surface area contributed by atoms with Crippen molar-refractivity contribution in [2.75, 3.05) is 13.7 Å². The predicted octanol–water partition coefficient (Wildman–Crippen LogP) is 3.44. The van der Waals surface area contributed by atoms with Crippen molar-refractivity contribution in [2.45, 2.75) is 44.3 Å². The zero-order valence-electron chi connectivity index (χ0n) is 22.9. The Labute approximate surface area is 239 Å². The Bertz CT molecular complexity index is 1410. The van der Waals surface area contributed by atoms with Gasteiger partial charge in [0.2, 0.25) is 0 Å². The first-order valence-electron chi connectivity index (χ1n) is 13.6. The summed E-state index contributed by atoms with van der Waals surface area (Å²) in [6.45, 7) is -0.725. The number of hydrogen-bond donors (Lipinski definition) is 6. The normalized spacial score (nSPS) is 22.9. The van der Waals surface area contributed by atoms with E-state index in [0.717, 1.165) is 5.56 Å². The highest BCUT2D eigenvalue weighted by atomic mass is 16.5. The van der Waals surface area contributed by atoms with Crippen LogP contribution < -0.4 is 4.74 Å². The average molecular weight is 561 g/mol. The monoisotopic (exact) mass is 560 g/mol. The third-order valence-electron chi connectivity index (χ3n) is 7.85. The summed E-state index contributed by atoms with van der Waals surface area (Å²) in [7, 11) is 1.42. The van der Waals surface area contributed by atoms with Gasteiger partial charge in [-0.15, -0.1) is 0 Å². The Hall–Kier alpha value is -4.03. The molecule has 0 fully saturated rings. The minimum absolute atomic E-state index is 0.0285. The van der Waals surface area contributed by atoms with Crippen LogP contribution in [-0.2, 0) is 24.2 Å². The largest absolute Gasteiger partial charge is 0.504 e. The minimum Gasteiger partial charge on any atom is -0.504 e. The van der Waals surface area contributed by atoms with Crippen LogP contribution in [0.3, 0.4) is 0 Å². The molecule has 4 rings (SSSR count). The van der Waals surface area contributed by atoms with Crippen LogP contribution >= 0.6 is 0 Å². The fraction of sp³-hybridized carbons (Fsp3) is 0.364. The predicted molar refractivity (Wildman–Crippen MR) is 153 cm³/mol. The Kier molecular flexibility index (Phi) is 9.90. The number of phenolic OH excluding ortho intramolecular Hbond substituents is 3. The number of rotatable bonds is 8. The molecule has 0 saturated carbocycles. The van der Waals surface area contributed by atoms with Crippen LogP contribution in [0.4, 0.5) is 0 Å². The minimum atomic E-state index is -1.12. The number of ether oxygens (including phenoxy) is 1. The highest BCUT2D eigenvalue weighted by Crippen LogP contribution is 2.40. The molecule has 0 radical (unpaired) electrons. The van der Waals surface area contributed by atoms with Gasteiger partial charge >= 0.3 is 0 Å². The molecule has 0 spiro atoms. The summed E-state index contributed by atoms with van der Waals surface area (Å²) < 4.78 is 5.34. The van der Waals surface area contributed by atoms with Gasteiger partial charge in [0.25, 0.3) is 0 Å². The SMILES string of the molecule is COc1cc([C@@H]2CC(=O)C[C@H](O)[C@@H](Cc3ccc(O)c(O)c3)[C@H](CO)C#C[C@@H]2Cc2ccccc2)c(CO)cc1O. The van der Waals surface area contributed by atoms with Crippen LogP contribution in [0, 0.1) is 29.6 Å². The average Bonchev–Trinajstić information content (AvgIpc) is 2.96. The molecule has 0 saturated heterocycles. The van der Waals surface area contributed by atoms with Gasteiger partial charge < -0.3 is 35.4 Å². The second kappa shape index (κ2) is 13.6. The number of carbonyl (C=O) groups is 1. The summed E-state index contributed by atoms with van der Waals surface area (Å²) in [6, 6.07) is 17.1. The fourth-order valence-electron chi connectivity index (χ4n) is 5.63. The second-order valence-electron chi connectivity index (χ2n) is 10.6. The van der Waals surface area contributed by atoms with Crippen molar-refractivity contribution in [3.63, 3.8) is 0 Å². The quantitative estimate of drug-likeness (QED) is 0.181. The Morgan fingerprint density at radius 3 is 2.22 bits per heavy atom. The van der Waals surface area contributed by atoms with Gasteiger partial charge in [-0.1, -0.05) is 48.2 Å². The molecule has 0 amide bonds. The molecule has 6 N–H and O–H groups in total. The van der Waals surface area contributed by atoms with E-state index in [9.17, 15) is 35.4 Å². The lowest BCUT2D eigenvalue weighted by Crippen LogP contribution is -2.34. The zero-order valence-corrected chi connectivity index (χ0v) is 22.9. The maximum absolute atomic E-state index is 13.5. The van der Waals surface area contributed by atoms with Crippen molar-refractivity contribution in [3.8, 4) is 34.8 Å². The van der Waals surface area contributed by atoms with E-state index in [1.54, 1.807) is 12.1 Å². The lowest BCUT2D eigenvalue weighted by atomic mass is 9.74. The maximum Gasteiger partial charge on any atom is 0.160 e. The van der Waals surface area contributed by atoms with E-state index in [0.29, 0.717) is 23.1 Å². The Morgan fingerprint density at radius 2 is 1.56 bits per heavy atom. The number of benzene rings is 3. The summed E-state index contributed by atoms with van der Waals surface area (Å²) in [5.41, 5.74) is 2.69. The second-order valence-corrected chi connectivity index (χ2v) is 10.6. The van der Waals surface area contributed by atoms with Gasteiger partial charge in [0.05, 0.1) is 26.4 Å². The lowest BCUT2D eigenvalue weighted by molar-refractivity contribution is -0.122. The molecule has 0 bridgehead atoms. The molecule has 0 heterocycles. The van der Waals surface area contributed by atoms with E-state index in [2.05, 4.69) is 11.8 Å². The van der Waals surface area contributed by atoms with Gasteiger partial charge in [-0.2, -0.15) is 0 Å². The summed E-state index contributed by atoms with van der Waals surface area (Å²) in [5, 5.41) is 61.8. The van der Waals surface area contributed by atoms with E-state index < -0.39 is 29.8 Å². The highest BCUT2D eigenvalue weighted by Gasteiger charge is 2.34. The number of carbonyl (C=O) groups excluding carboxylic acids is 1. The van der Waals surface area contributed by atoms with E-state index in [4.69, 9.17) is 4.74 Å². The molecule has 3 aromatic carbocycles. The van der Waals surface area contributed by atoms with Gasteiger partial charge in [-0.25, -0.2) is 0 Å². The molecule has 3 aromatic rings. The van der Waals surface area contributed by atoms with Gasteiger partial charge in [0.1, 0.15) is 5.78 Å². The van der Waals surface area contributed by atoms with Crippen molar-refractivity contribution in [1.82, 2.24) is 0 Å². The van der Waals surface area contributed by atoms with Crippen LogP contribution in [0.25, 0.3) is 0 Å². The van der Waals surface area contributed by atoms with Gasteiger partial charge in [0.15, 0.2) is 23.0 Å². The molecule has 5 atom stereocenters. The standard InChI is InChI=1S/C33H36O8/c1-41-33-17-27(24(19-35)14-32(33)40)26-15-25(36)16-30(38)28(12-21-7-10-29(37)31(39)13-21)23(18-34)9-8-22(26)11-20-5-3-2-4-6-20/h2-7,10,13-14,17,22-23,26,28,30,34-35,37-40H,11-12,15-16,18-19H2,1H3/t22-,23+,26-,28+,30+/m1/s1. The first-order valence-corrected chi connectivity index (χ1v) is 13.6. The van der Waals surface area contributed by atoms with E-state index >= 15 is 0 Å². The summed E-state index contributed by atoms with van der Waals surface area (Å²) in [5.74, 6) is 3.62. The third kappa shape index (κ3) is 7.19. The molecule has 0 aromatic heterocycles. The molecule has 41 heavy (non-hydrogen) atoms. The molecule has 8 heteroatoms. The van der Waals surface area contributed by atoms with Crippen LogP contribution in [-0.4, -0.2) is 56.2 Å². The summed E-state index contributed by atoms with van der Waals surface area (Å²) >= 11 is 0. The Balaban J connectivity index is 1.81. The van der Waals surface area contributed by atoms with Crippen LogP contribution in [0.2, 0.25) is 0 Å². The molecule has 0 unspecified atom stereocenters. The molecular formula is C33H36O8. The maximum atomic E-state index is 13.5. The highest BCUT2D eigenvalue weighted by molar-refractivity contribution is 5.80. The number of ketones is 1. The molecule has 1 aliphatic carbocycles. The zero-order chi connectivity index (χ0) is 29.5. The number of aliphatic hydroxyl groups is 3. The van der Waals surface area contributed by atoms with Crippen molar-refractivity contribution in [3.05, 3.63) is 82.9 Å². The van der Waals surface area contributed by atoms with Crippen molar-refractivity contribution < 1.29 is 40.2 Å². The molecule has 0 aliphatic heterocycles. The van der Waals surface area contributed by atoms with Crippen LogP contribution in [0.1, 0.15) is 41.0 Å². The number of hydrogen-bond acceptors (Lipinski definition) is 8. The Morgan fingerprint density at radius 1 is 0.829 bits per heavy atom. The van der Waals surface area contributed by atoms with Crippen molar-refractivity contribution in [1.29, 1.82) is 0 Å².